The molecule has 2 nitrogen and oxygen atoms in total. The molecular weight excluding hydrogens is 198 g/mol. The van der Waals surface area contributed by atoms with E-state index in [1.165, 1.54) is 0 Å². The van der Waals surface area contributed by atoms with Crippen molar-refractivity contribution in [3.63, 3.8) is 0 Å². The number of hydrogen-bond acceptors (Lipinski definition) is 2. The SMILES string of the molecule is N#CC(=CC1CO1)c1ccc(Cl)cc1. The van der Waals surface area contributed by atoms with Gasteiger partial charge >= 0.3 is 0 Å². The van der Waals surface area contributed by atoms with Crippen molar-refractivity contribution in [2.24, 2.45) is 0 Å². The van der Waals surface area contributed by atoms with Crippen molar-refractivity contribution >= 4 is 17.2 Å². The summed E-state index contributed by atoms with van der Waals surface area (Å²) in [5.41, 5.74) is 1.52. The number of hydrogen-bond donors (Lipinski definition) is 0. The van der Waals surface area contributed by atoms with Crippen LogP contribution in [-0.2, 0) is 4.74 Å². The highest BCUT2D eigenvalue weighted by molar-refractivity contribution is 6.30. The van der Waals surface area contributed by atoms with Gasteiger partial charge in [-0.1, -0.05) is 23.7 Å². The van der Waals surface area contributed by atoms with Crippen molar-refractivity contribution in [1.29, 1.82) is 5.26 Å². The quantitative estimate of drug-likeness (QED) is 0.550. The molecule has 0 aromatic heterocycles. The van der Waals surface area contributed by atoms with E-state index in [4.69, 9.17) is 21.6 Å². The van der Waals surface area contributed by atoms with E-state index in [2.05, 4.69) is 6.07 Å². The highest BCUT2D eigenvalue weighted by Crippen LogP contribution is 2.21. The van der Waals surface area contributed by atoms with Crippen molar-refractivity contribution in [1.82, 2.24) is 0 Å². The second-order valence-electron chi connectivity index (χ2n) is 3.07. The van der Waals surface area contributed by atoms with Crippen LogP contribution in [0.15, 0.2) is 30.3 Å². The molecule has 1 saturated heterocycles. The fraction of sp³-hybridized carbons (Fsp3) is 0.182. The molecule has 1 aromatic rings. The van der Waals surface area contributed by atoms with Crippen LogP contribution < -0.4 is 0 Å². The lowest BCUT2D eigenvalue weighted by Gasteiger charge is -1.97. The molecule has 0 saturated carbocycles. The second-order valence-corrected chi connectivity index (χ2v) is 3.51. The Kier molecular flexibility index (Phi) is 2.53. The van der Waals surface area contributed by atoms with Gasteiger partial charge in [0, 0.05) is 5.02 Å². The van der Waals surface area contributed by atoms with Gasteiger partial charge in [-0.2, -0.15) is 5.26 Å². The van der Waals surface area contributed by atoms with Crippen molar-refractivity contribution in [3.8, 4) is 6.07 Å². The lowest BCUT2D eigenvalue weighted by Crippen LogP contribution is -1.84. The minimum atomic E-state index is 0.125. The van der Waals surface area contributed by atoms with Crippen molar-refractivity contribution in [2.75, 3.05) is 6.61 Å². The molecule has 1 aliphatic heterocycles. The second kappa shape index (κ2) is 3.83. The molecule has 1 unspecified atom stereocenters. The standard InChI is InChI=1S/C11H8ClNO/c12-10-3-1-8(2-4-10)9(6-13)5-11-7-14-11/h1-5,11H,7H2. The molecule has 1 aliphatic rings. The monoisotopic (exact) mass is 205 g/mol. The molecule has 70 valence electrons. The average Bonchev–Trinajstić information content (AvgIpc) is 3.00. The third kappa shape index (κ3) is 2.14. The molecule has 1 fully saturated rings. The molecule has 2 rings (SSSR count). The normalized spacial score (nSPS) is 20.3. The molecule has 0 N–H and O–H groups in total. The first-order chi connectivity index (χ1) is 6.79. The summed E-state index contributed by atoms with van der Waals surface area (Å²) >= 11 is 5.75. The first-order valence-corrected chi connectivity index (χ1v) is 4.67. The molecule has 0 bridgehead atoms. The molecule has 1 heterocycles. The van der Waals surface area contributed by atoms with E-state index in [0.717, 1.165) is 12.2 Å². The smallest absolute Gasteiger partial charge is 0.101 e. The lowest BCUT2D eigenvalue weighted by atomic mass is 10.1. The summed E-state index contributed by atoms with van der Waals surface area (Å²) in [6, 6.07) is 9.36. The number of halogens is 1. The predicted octanol–water partition coefficient (Wildman–Crippen LogP) is 2.65. The van der Waals surface area contributed by atoms with Gasteiger partial charge in [0.05, 0.1) is 18.2 Å². The van der Waals surface area contributed by atoms with Crippen molar-refractivity contribution < 1.29 is 4.74 Å². The van der Waals surface area contributed by atoms with Crippen LogP contribution in [-0.4, -0.2) is 12.7 Å². The Hall–Kier alpha value is -1.30. The van der Waals surface area contributed by atoms with Gasteiger partial charge < -0.3 is 4.74 Å². The minimum absolute atomic E-state index is 0.125. The number of ether oxygens (including phenoxy) is 1. The van der Waals surface area contributed by atoms with Crippen LogP contribution in [0.1, 0.15) is 5.56 Å². The maximum Gasteiger partial charge on any atom is 0.101 e. The molecule has 0 aliphatic carbocycles. The molecule has 0 amide bonds. The van der Waals surface area contributed by atoms with Crippen LogP contribution in [0.2, 0.25) is 5.02 Å². The van der Waals surface area contributed by atoms with Gasteiger partial charge in [0.25, 0.3) is 0 Å². The number of epoxide rings is 1. The van der Waals surface area contributed by atoms with Crippen LogP contribution in [0.25, 0.3) is 5.57 Å². The minimum Gasteiger partial charge on any atom is -0.369 e. The zero-order valence-corrected chi connectivity index (χ0v) is 8.16. The molecule has 0 spiro atoms. The van der Waals surface area contributed by atoms with E-state index in [-0.39, 0.29) is 6.10 Å². The lowest BCUT2D eigenvalue weighted by molar-refractivity contribution is 0.440. The van der Waals surface area contributed by atoms with Crippen LogP contribution in [0.3, 0.4) is 0 Å². The Balaban J connectivity index is 2.27. The number of nitrogens with zero attached hydrogens (tertiary/aromatic N) is 1. The Morgan fingerprint density at radius 2 is 2.14 bits per heavy atom. The average molecular weight is 206 g/mol. The van der Waals surface area contributed by atoms with E-state index < -0.39 is 0 Å². The first kappa shape index (κ1) is 9.26. The van der Waals surface area contributed by atoms with E-state index in [1.54, 1.807) is 12.1 Å². The number of nitriles is 1. The topological polar surface area (TPSA) is 36.3 Å². The Bertz CT molecular complexity index is 398. The van der Waals surface area contributed by atoms with E-state index in [1.807, 2.05) is 18.2 Å². The van der Waals surface area contributed by atoms with Crippen LogP contribution >= 0.6 is 11.6 Å². The number of benzene rings is 1. The van der Waals surface area contributed by atoms with E-state index in [9.17, 15) is 0 Å². The third-order valence-corrected chi connectivity index (χ3v) is 2.24. The third-order valence-electron chi connectivity index (χ3n) is 1.99. The molecule has 1 atom stereocenters. The zero-order chi connectivity index (χ0) is 9.97. The van der Waals surface area contributed by atoms with Crippen LogP contribution in [0.5, 0.6) is 0 Å². The van der Waals surface area contributed by atoms with Gasteiger partial charge in [-0.15, -0.1) is 0 Å². The fourth-order valence-corrected chi connectivity index (χ4v) is 1.29. The largest absolute Gasteiger partial charge is 0.369 e. The van der Waals surface area contributed by atoms with Gasteiger partial charge in [-0.3, -0.25) is 0 Å². The predicted molar refractivity (Wildman–Crippen MR) is 54.8 cm³/mol. The Labute approximate surface area is 87.4 Å². The fourth-order valence-electron chi connectivity index (χ4n) is 1.17. The van der Waals surface area contributed by atoms with E-state index in [0.29, 0.717) is 10.6 Å². The zero-order valence-electron chi connectivity index (χ0n) is 7.40. The first-order valence-electron chi connectivity index (χ1n) is 4.29. The summed E-state index contributed by atoms with van der Waals surface area (Å²) in [6.45, 7) is 0.721. The number of rotatable bonds is 2. The van der Waals surface area contributed by atoms with Gasteiger partial charge in [0.2, 0.25) is 0 Å². The molecule has 0 radical (unpaired) electrons. The summed E-state index contributed by atoms with van der Waals surface area (Å²) in [6.07, 6.45) is 1.96. The maximum atomic E-state index is 8.92. The highest BCUT2D eigenvalue weighted by Gasteiger charge is 2.20. The molecule has 14 heavy (non-hydrogen) atoms. The summed E-state index contributed by atoms with van der Waals surface area (Å²) < 4.78 is 5.03. The summed E-state index contributed by atoms with van der Waals surface area (Å²) in [7, 11) is 0. The molecule has 1 aromatic carbocycles. The highest BCUT2D eigenvalue weighted by atomic mass is 35.5. The van der Waals surface area contributed by atoms with Gasteiger partial charge in [-0.05, 0) is 23.8 Å². The van der Waals surface area contributed by atoms with Gasteiger partial charge in [0.15, 0.2) is 0 Å². The van der Waals surface area contributed by atoms with Crippen LogP contribution in [0, 0.1) is 11.3 Å². The summed E-state index contributed by atoms with van der Waals surface area (Å²) in [5, 5.41) is 9.59. The van der Waals surface area contributed by atoms with Gasteiger partial charge in [-0.25, -0.2) is 0 Å². The van der Waals surface area contributed by atoms with Crippen molar-refractivity contribution in [3.05, 3.63) is 40.9 Å². The summed E-state index contributed by atoms with van der Waals surface area (Å²) in [4.78, 5) is 0. The molecular formula is C11H8ClNO. The van der Waals surface area contributed by atoms with Crippen LogP contribution in [0.4, 0.5) is 0 Å². The Morgan fingerprint density at radius 3 is 2.64 bits per heavy atom. The molecule has 3 heteroatoms. The summed E-state index contributed by atoms with van der Waals surface area (Å²) in [5.74, 6) is 0. The van der Waals surface area contributed by atoms with Gasteiger partial charge in [0.1, 0.15) is 6.10 Å². The van der Waals surface area contributed by atoms with E-state index >= 15 is 0 Å². The number of allylic oxidation sites excluding steroid dienone is 1. The maximum absolute atomic E-state index is 8.92. The Morgan fingerprint density at radius 1 is 1.50 bits per heavy atom. The van der Waals surface area contributed by atoms with Crippen molar-refractivity contribution in [2.45, 2.75) is 6.10 Å².